The van der Waals surface area contributed by atoms with Crippen LogP contribution >= 0.6 is 0 Å². The molecule has 4 heterocycles. The second kappa shape index (κ2) is 10.3. The Morgan fingerprint density at radius 1 is 1.12 bits per heavy atom. The highest BCUT2D eigenvalue weighted by Gasteiger charge is 2.43. The van der Waals surface area contributed by atoms with Crippen LogP contribution in [0.3, 0.4) is 0 Å². The first-order chi connectivity index (χ1) is 15.8. The third-order valence-electron chi connectivity index (χ3n) is 7.97. The van der Waals surface area contributed by atoms with E-state index in [1.165, 1.54) is 0 Å². The summed E-state index contributed by atoms with van der Waals surface area (Å²) >= 11 is 0. The fourth-order valence-electron chi connectivity index (χ4n) is 6.11. The third-order valence-corrected chi connectivity index (χ3v) is 7.97. The van der Waals surface area contributed by atoms with Gasteiger partial charge in [0.15, 0.2) is 0 Å². The second-order valence-corrected chi connectivity index (χ2v) is 11.0. The van der Waals surface area contributed by atoms with E-state index in [-0.39, 0.29) is 35.7 Å². The number of nitrogens with one attached hydrogen (secondary N) is 2. The maximum absolute atomic E-state index is 13.4. The van der Waals surface area contributed by atoms with Crippen molar-refractivity contribution < 1.29 is 14.4 Å². The second-order valence-electron chi connectivity index (χ2n) is 11.0. The van der Waals surface area contributed by atoms with Gasteiger partial charge in [0.05, 0.1) is 5.56 Å². The van der Waals surface area contributed by atoms with Crippen molar-refractivity contribution in [3.63, 3.8) is 0 Å². The van der Waals surface area contributed by atoms with Gasteiger partial charge in [0.1, 0.15) is 0 Å². The smallest absolute Gasteiger partial charge is 0.255 e. The third kappa shape index (κ3) is 5.61. The highest BCUT2D eigenvalue weighted by Crippen LogP contribution is 2.37. The van der Waals surface area contributed by atoms with E-state index in [4.69, 9.17) is 0 Å². The molecule has 0 spiro atoms. The molecule has 2 N–H and O–H groups in total. The van der Waals surface area contributed by atoms with Crippen LogP contribution in [-0.2, 0) is 9.59 Å². The quantitative estimate of drug-likeness (QED) is 0.715. The van der Waals surface area contributed by atoms with Crippen molar-refractivity contribution in [3.05, 3.63) is 24.0 Å². The summed E-state index contributed by atoms with van der Waals surface area (Å²) in [6.45, 7) is 8.59. The molecule has 3 aliphatic rings. The molecule has 4 rings (SSSR count). The van der Waals surface area contributed by atoms with Crippen LogP contribution in [0.4, 0.5) is 0 Å². The lowest BCUT2D eigenvalue weighted by atomic mass is 9.77. The number of hydrogen-bond donors (Lipinski definition) is 2. The van der Waals surface area contributed by atoms with Gasteiger partial charge in [0.2, 0.25) is 11.8 Å². The van der Waals surface area contributed by atoms with Gasteiger partial charge in [-0.15, -0.1) is 0 Å². The number of aromatic amines is 1. The molecule has 3 amide bonds. The summed E-state index contributed by atoms with van der Waals surface area (Å²) in [5.74, 6) is 1.74. The van der Waals surface area contributed by atoms with E-state index in [1.807, 2.05) is 11.0 Å². The molecule has 0 unspecified atom stereocenters. The zero-order chi connectivity index (χ0) is 23.5. The Morgan fingerprint density at radius 3 is 2.67 bits per heavy atom. The van der Waals surface area contributed by atoms with Gasteiger partial charge in [-0.25, -0.2) is 0 Å². The zero-order valence-electron chi connectivity index (χ0n) is 20.4. The normalized spacial score (nSPS) is 31.8. The molecule has 0 aliphatic carbocycles. The Morgan fingerprint density at radius 2 is 1.94 bits per heavy atom. The molecule has 0 radical (unpaired) electrons. The van der Waals surface area contributed by atoms with Crippen LogP contribution in [-0.4, -0.2) is 64.2 Å². The molecule has 3 fully saturated rings. The van der Waals surface area contributed by atoms with Gasteiger partial charge in [-0.05, 0) is 61.8 Å². The number of fused-ring (bicyclic) bond motifs is 4. The predicted molar refractivity (Wildman–Crippen MR) is 127 cm³/mol. The SMILES string of the molecule is CC(C)[C@@H]1CC[C@@H](C)CC(=O)N2C[C@H]3C[C@H](CN(C(=O)c4cc[nH]c4)C3)[C@@H]2CCCC(=O)N1. The molecule has 1 aromatic heterocycles. The number of amides is 3. The summed E-state index contributed by atoms with van der Waals surface area (Å²) in [5, 5.41) is 3.25. The van der Waals surface area contributed by atoms with Crippen molar-refractivity contribution in [1.82, 2.24) is 20.1 Å². The van der Waals surface area contributed by atoms with E-state index in [2.05, 4.69) is 36.0 Å². The zero-order valence-corrected chi connectivity index (χ0v) is 20.4. The molecule has 2 bridgehead atoms. The fourth-order valence-corrected chi connectivity index (χ4v) is 6.11. The van der Waals surface area contributed by atoms with Crippen LogP contribution in [0.25, 0.3) is 0 Å². The number of hydrogen-bond acceptors (Lipinski definition) is 3. The lowest BCUT2D eigenvalue weighted by molar-refractivity contribution is -0.141. The van der Waals surface area contributed by atoms with Crippen LogP contribution in [0.15, 0.2) is 18.5 Å². The Kier molecular flexibility index (Phi) is 7.45. The summed E-state index contributed by atoms with van der Waals surface area (Å²) in [4.78, 5) is 46.2. The first kappa shape index (κ1) is 23.8. The minimum Gasteiger partial charge on any atom is -0.367 e. The number of nitrogens with zero attached hydrogens (tertiary/aromatic N) is 2. The standard InChI is InChI=1S/C26H40N4O3/c1-17(2)22-8-7-18(3)11-25(32)30-15-19-12-21(23(30)5-4-6-24(31)28-22)16-29(14-19)26(33)20-9-10-27-13-20/h9-10,13,17-19,21-23,27H,4-8,11-12,14-16H2,1-3H3,(H,28,31)/t18-,19+,21-,22+,23+/m1/s1. The summed E-state index contributed by atoms with van der Waals surface area (Å²) in [6, 6.07) is 2.11. The molecule has 3 aliphatic heterocycles. The van der Waals surface area contributed by atoms with Crippen LogP contribution in [0.2, 0.25) is 0 Å². The maximum atomic E-state index is 13.4. The average molecular weight is 457 g/mol. The molecule has 0 aromatic carbocycles. The Hall–Kier alpha value is -2.31. The van der Waals surface area contributed by atoms with E-state index >= 15 is 0 Å². The van der Waals surface area contributed by atoms with Crippen molar-refractivity contribution in [1.29, 1.82) is 0 Å². The van der Waals surface area contributed by atoms with Crippen LogP contribution in [0.1, 0.15) is 76.1 Å². The van der Waals surface area contributed by atoms with Gasteiger partial charge in [-0.1, -0.05) is 20.8 Å². The highest BCUT2D eigenvalue weighted by atomic mass is 16.2. The number of rotatable bonds is 2. The first-order valence-electron chi connectivity index (χ1n) is 12.8. The maximum Gasteiger partial charge on any atom is 0.255 e. The monoisotopic (exact) mass is 456 g/mol. The van der Waals surface area contributed by atoms with Gasteiger partial charge in [0.25, 0.3) is 5.91 Å². The van der Waals surface area contributed by atoms with Crippen molar-refractivity contribution >= 4 is 17.7 Å². The van der Waals surface area contributed by atoms with Gasteiger partial charge in [-0.3, -0.25) is 14.4 Å². The number of H-pyrrole nitrogens is 1. The lowest BCUT2D eigenvalue weighted by Gasteiger charge is -2.51. The number of carbonyl (C=O) groups excluding carboxylic acids is 3. The average Bonchev–Trinajstić information content (AvgIpc) is 3.31. The van der Waals surface area contributed by atoms with Gasteiger partial charge >= 0.3 is 0 Å². The molecule has 33 heavy (non-hydrogen) atoms. The van der Waals surface area contributed by atoms with Gasteiger partial charge < -0.3 is 20.1 Å². The minimum atomic E-state index is 0.0723. The van der Waals surface area contributed by atoms with Crippen molar-refractivity contribution in [2.24, 2.45) is 23.7 Å². The number of piperidine rings is 2. The Bertz CT molecular complexity index is 837. The van der Waals surface area contributed by atoms with Crippen molar-refractivity contribution in [2.75, 3.05) is 19.6 Å². The molecule has 0 saturated carbocycles. The fraction of sp³-hybridized carbons (Fsp3) is 0.731. The van der Waals surface area contributed by atoms with Crippen LogP contribution < -0.4 is 5.32 Å². The van der Waals surface area contributed by atoms with E-state index in [0.717, 1.165) is 38.6 Å². The van der Waals surface area contributed by atoms with E-state index in [1.54, 1.807) is 12.4 Å². The largest absolute Gasteiger partial charge is 0.367 e. The van der Waals surface area contributed by atoms with E-state index in [0.29, 0.717) is 49.2 Å². The Labute approximate surface area is 197 Å². The van der Waals surface area contributed by atoms with Gasteiger partial charge in [0, 0.05) is 57.0 Å². The summed E-state index contributed by atoms with van der Waals surface area (Å²) < 4.78 is 0. The van der Waals surface area contributed by atoms with E-state index in [9.17, 15) is 14.4 Å². The molecule has 7 heteroatoms. The number of aromatic nitrogens is 1. The molecule has 182 valence electrons. The molecule has 7 nitrogen and oxygen atoms in total. The molecular weight excluding hydrogens is 416 g/mol. The summed E-state index contributed by atoms with van der Waals surface area (Å²) in [6.07, 6.45) is 9.12. The van der Waals surface area contributed by atoms with Crippen LogP contribution in [0, 0.1) is 23.7 Å². The van der Waals surface area contributed by atoms with Gasteiger partial charge in [-0.2, -0.15) is 0 Å². The molecule has 5 atom stereocenters. The molecule has 3 saturated heterocycles. The Balaban J connectivity index is 1.50. The number of carbonyl (C=O) groups is 3. The molecular formula is C26H40N4O3. The van der Waals surface area contributed by atoms with Crippen molar-refractivity contribution in [2.45, 2.75) is 77.8 Å². The topological polar surface area (TPSA) is 85.5 Å². The molecule has 1 aromatic rings. The van der Waals surface area contributed by atoms with Crippen molar-refractivity contribution in [3.8, 4) is 0 Å². The predicted octanol–water partition coefficient (Wildman–Crippen LogP) is 3.43. The van der Waals surface area contributed by atoms with E-state index < -0.39 is 0 Å². The highest BCUT2D eigenvalue weighted by molar-refractivity contribution is 5.94. The lowest BCUT2D eigenvalue weighted by Crippen LogP contribution is -2.60. The number of likely N-dealkylation sites (tertiary alicyclic amines) is 1. The first-order valence-corrected chi connectivity index (χ1v) is 12.8. The summed E-state index contributed by atoms with van der Waals surface area (Å²) in [7, 11) is 0. The minimum absolute atomic E-state index is 0.0723. The summed E-state index contributed by atoms with van der Waals surface area (Å²) in [5.41, 5.74) is 0.697. The van der Waals surface area contributed by atoms with Crippen LogP contribution in [0.5, 0.6) is 0 Å².